The third-order valence-electron chi connectivity index (χ3n) is 5.60. The molecule has 3 N–H and O–H groups in total. The molecule has 152 valence electrons. The van der Waals surface area contributed by atoms with Crippen LogP contribution in [0, 0.1) is 0 Å². The van der Waals surface area contributed by atoms with E-state index in [4.69, 9.17) is 5.73 Å². The maximum atomic E-state index is 12.7. The van der Waals surface area contributed by atoms with Gasteiger partial charge in [0.05, 0.1) is 16.9 Å². The molecule has 1 aliphatic carbocycles. The summed E-state index contributed by atoms with van der Waals surface area (Å²) in [5, 5.41) is 3.10. The number of halogens is 1. The maximum absolute atomic E-state index is 12.7. The summed E-state index contributed by atoms with van der Waals surface area (Å²) in [6.45, 7) is 1.65. The largest absolute Gasteiger partial charge is 0.349 e. The van der Waals surface area contributed by atoms with Crippen LogP contribution in [-0.2, 0) is 21.2 Å². The molecule has 8 heteroatoms. The highest BCUT2D eigenvalue weighted by Gasteiger charge is 2.33. The van der Waals surface area contributed by atoms with Crippen molar-refractivity contribution in [1.82, 2.24) is 9.62 Å². The van der Waals surface area contributed by atoms with Crippen LogP contribution in [0.15, 0.2) is 29.2 Å². The van der Waals surface area contributed by atoms with Gasteiger partial charge in [0.1, 0.15) is 0 Å². The van der Waals surface area contributed by atoms with E-state index in [9.17, 15) is 13.2 Å². The maximum Gasteiger partial charge on any atom is 0.243 e. The summed E-state index contributed by atoms with van der Waals surface area (Å²) in [6.07, 6.45) is 7.22. The minimum atomic E-state index is -3.42. The molecule has 1 aromatic carbocycles. The predicted octanol–water partition coefficient (Wildman–Crippen LogP) is 2.21. The van der Waals surface area contributed by atoms with E-state index in [1.165, 1.54) is 0 Å². The Kier molecular flexibility index (Phi) is 7.68. The molecule has 0 radical (unpaired) electrons. The molecule has 1 heterocycles. The Morgan fingerprint density at radius 2 is 1.63 bits per heavy atom. The number of piperidine rings is 1. The van der Waals surface area contributed by atoms with Crippen LogP contribution in [0.4, 0.5) is 0 Å². The highest BCUT2D eigenvalue weighted by Crippen LogP contribution is 2.28. The normalized spacial score (nSPS) is 20.0. The molecular weight excluding hydrogens is 386 g/mol. The number of hydrogen-bond donors (Lipinski definition) is 2. The summed E-state index contributed by atoms with van der Waals surface area (Å²) in [7, 11) is -3.42. The van der Waals surface area contributed by atoms with E-state index in [2.05, 4.69) is 5.32 Å². The van der Waals surface area contributed by atoms with Gasteiger partial charge in [0.15, 0.2) is 0 Å². The first-order valence-electron chi connectivity index (χ1n) is 9.55. The lowest BCUT2D eigenvalue weighted by atomic mass is 9.97. The van der Waals surface area contributed by atoms with E-state index in [1.54, 1.807) is 28.6 Å². The number of carbonyl (C=O) groups is 1. The van der Waals surface area contributed by atoms with E-state index in [1.807, 2.05) is 0 Å². The fourth-order valence-electron chi connectivity index (χ4n) is 3.99. The zero-order valence-corrected chi connectivity index (χ0v) is 17.3. The smallest absolute Gasteiger partial charge is 0.243 e. The third kappa shape index (κ3) is 5.22. The zero-order chi connectivity index (χ0) is 18.6. The molecule has 0 unspecified atom stereocenters. The molecule has 1 saturated heterocycles. The molecule has 0 spiro atoms. The molecule has 0 atom stereocenters. The Labute approximate surface area is 168 Å². The van der Waals surface area contributed by atoms with Gasteiger partial charge >= 0.3 is 0 Å². The van der Waals surface area contributed by atoms with Crippen molar-refractivity contribution >= 4 is 28.3 Å². The van der Waals surface area contributed by atoms with Crippen molar-refractivity contribution in [1.29, 1.82) is 0 Å². The summed E-state index contributed by atoms with van der Waals surface area (Å²) in [5.41, 5.74) is 6.42. The number of amides is 1. The summed E-state index contributed by atoms with van der Waals surface area (Å²) in [6, 6.07) is 6.70. The van der Waals surface area contributed by atoms with Crippen molar-refractivity contribution in [2.45, 2.75) is 61.8 Å². The van der Waals surface area contributed by atoms with Gasteiger partial charge in [-0.1, -0.05) is 31.4 Å². The third-order valence-corrected chi connectivity index (χ3v) is 7.51. The minimum Gasteiger partial charge on any atom is -0.349 e. The van der Waals surface area contributed by atoms with Gasteiger partial charge in [-0.25, -0.2) is 8.42 Å². The second-order valence-corrected chi connectivity index (χ2v) is 9.46. The Morgan fingerprint density at radius 3 is 2.19 bits per heavy atom. The molecule has 1 aromatic rings. The molecule has 1 amide bonds. The van der Waals surface area contributed by atoms with Crippen molar-refractivity contribution < 1.29 is 13.2 Å². The average Bonchev–Trinajstić information content (AvgIpc) is 3.12. The summed E-state index contributed by atoms with van der Waals surface area (Å²) in [4.78, 5) is 12.7. The molecule has 1 aliphatic heterocycles. The van der Waals surface area contributed by atoms with Crippen LogP contribution in [0.2, 0.25) is 0 Å². The van der Waals surface area contributed by atoms with Crippen LogP contribution < -0.4 is 11.1 Å². The Hall–Kier alpha value is -1.15. The lowest BCUT2D eigenvalue weighted by Crippen LogP contribution is -2.52. The second-order valence-electron chi connectivity index (χ2n) is 7.53. The van der Waals surface area contributed by atoms with Crippen LogP contribution in [0.1, 0.15) is 50.5 Å². The van der Waals surface area contributed by atoms with Crippen molar-refractivity contribution in [3.63, 3.8) is 0 Å². The van der Waals surface area contributed by atoms with Crippen LogP contribution in [-0.4, -0.2) is 43.8 Å². The molecular formula is C19H30ClN3O3S. The second kappa shape index (κ2) is 9.37. The van der Waals surface area contributed by atoms with Crippen molar-refractivity contribution in [2.24, 2.45) is 5.73 Å². The first kappa shape index (κ1) is 22.1. The van der Waals surface area contributed by atoms with Crippen LogP contribution in [0.3, 0.4) is 0 Å². The topological polar surface area (TPSA) is 92.5 Å². The van der Waals surface area contributed by atoms with E-state index in [0.717, 1.165) is 50.5 Å². The first-order valence-corrected chi connectivity index (χ1v) is 11.0. The van der Waals surface area contributed by atoms with Gasteiger partial charge in [-0.05, 0) is 43.4 Å². The molecule has 3 rings (SSSR count). The Balaban J connectivity index is 0.00000261. The zero-order valence-electron chi connectivity index (χ0n) is 15.7. The number of nitrogens with two attached hydrogens (primary N) is 1. The summed E-state index contributed by atoms with van der Waals surface area (Å²) < 4.78 is 26.9. The molecule has 2 aliphatic rings. The SMILES string of the molecule is Cl.NCC1(NC(=O)Cc2ccc(S(=O)(=O)N3CCCCC3)cc2)CCCC1. The number of benzene rings is 1. The lowest BCUT2D eigenvalue weighted by molar-refractivity contribution is -0.122. The Bertz CT molecular complexity index is 725. The number of rotatable bonds is 6. The minimum absolute atomic E-state index is 0. The lowest BCUT2D eigenvalue weighted by Gasteiger charge is -2.28. The number of nitrogens with zero attached hydrogens (tertiary/aromatic N) is 1. The van der Waals surface area contributed by atoms with E-state index in [0.29, 0.717) is 24.5 Å². The van der Waals surface area contributed by atoms with Crippen LogP contribution >= 0.6 is 12.4 Å². The quantitative estimate of drug-likeness (QED) is 0.744. The number of sulfonamides is 1. The fraction of sp³-hybridized carbons (Fsp3) is 0.632. The van der Waals surface area contributed by atoms with Gasteiger partial charge in [0.25, 0.3) is 0 Å². The standard InChI is InChI=1S/C19H29N3O3S.ClH/c20-15-19(10-2-3-11-19)21-18(23)14-16-6-8-17(9-7-16)26(24,25)22-12-4-1-5-13-22;/h6-9H,1-5,10-15,20H2,(H,21,23);1H. The Morgan fingerprint density at radius 1 is 1.04 bits per heavy atom. The molecule has 0 bridgehead atoms. The van der Waals surface area contributed by atoms with Crippen molar-refractivity contribution in [3.05, 3.63) is 29.8 Å². The number of hydrogen-bond acceptors (Lipinski definition) is 4. The monoisotopic (exact) mass is 415 g/mol. The van der Waals surface area contributed by atoms with Crippen molar-refractivity contribution in [3.8, 4) is 0 Å². The van der Waals surface area contributed by atoms with Crippen molar-refractivity contribution in [2.75, 3.05) is 19.6 Å². The summed E-state index contributed by atoms with van der Waals surface area (Å²) in [5.74, 6) is -0.0519. The highest BCUT2D eigenvalue weighted by molar-refractivity contribution is 7.89. The molecule has 27 heavy (non-hydrogen) atoms. The van der Waals surface area contributed by atoms with Crippen LogP contribution in [0.25, 0.3) is 0 Å². The molecule has 0 aromatic heterocycles. The first-order chi connectivity index (χ1) is 12.5. The van der Waals surface area contributed by atoms with E-state index >= 15 is 0 Å². The fourth-order valence-corrected chi connectivity index (χ4v) is 5.51. The predicted molar refractivity (Wildman–Crippen MR) is 108 cm³/mol. The van der Waals surface area contributed by atoms with Gasteiger partial charge < -0.3 is 11.1 Å². The van der Waals surface area contributed by atoms with Gasteiger partial charge in [0, 0.05) is 19.6 Å². The van der Waals surface area contributed by atoms with E-state index in [-0.39, 0.29) is 30.3 Å². The van der Waals surface area contributed by atoms with Gasteiger partial charge in [-0.2, -0.15) is 4.31 Å². The van der Waals surface area contributed by atoms with E-state index < -0.39 is 10.0 Å². The molecule has 2 fully saturated rings. The van der Waals surface area contributed by atoms with Crippen LogP contribution in [0.5, 0.6) is 0 Å². The summed E-state index contributed by atoms with van der Waals surface area (Å²) >= 11 is 0. The van der Waals surface area contributed by atoms with Gasteiger partial charge in [0.2, 0.25) is 15.9 Å². The van der Waals surface area contributed by atoms with Gasteiger partial charge in [-0.3, -0.25) is 4.79 Å². The average molecular weight is 416 g/mol. The number of carbonyl (C=O) groups excluding carboxylic acids is 1. The number of nitrogens with one attached hydrogen (secondary N) is 1. The molecule has 6 nitrogen and oxygen atoms in total. The van der Waals surface area contributed by atoms with Gasteiger partial charge in [-0.15, -0.1) is 12.4 Å². The molecule has 1 saturated carbocycles. The highest BCUT2D eigenvalue weighted by atomic mass is 35.5.